The SMILES string of the molecule is CC1CCC1.CCC.CCC(=N)C1(c2ccc(F)cc2F)CC1.CCOCc1cc(C)cc(F)c1C1=CC(C)C(CC)=C1. The minimum absolute atomic E-state index is 0.147. The molecule has 3 aliphatic rings. The summed E-state index contributed by atoms with van der Waals surface area (Å²) in [5, 5.41) is 7.83. The van der Waals surface area contributed by atoms with Crippen molar-refractivity contribution in [2.45, 2.75) is 119 Å². The standard InChI is InChI=1S/C18H23FO.C12H13F2N.C5H10.C3H8/c1-5-14-10-15(9-13(14)4)18-16(11-20-6-2)7-12(3)8-17(18)19;1-2-11(15)12(5-6-12)9-4-3-8(13)7-10(9)14;1-5-3-2-4-5;1-3-2/h7-10,13H,5-6,11H2,1-4H3;3-4,7,15H,2,5-6H2,1H3;5H,2-4H2,1H3;3H2,1-2H3. The zero-order chi connectivity index (χ0) is 32.2. The zero-order valence-electron chi connectivity index (χ0n) is 27.8. The van der Waals surface area contributed by atoms with Crippen molar-refractivity contribution in [1.29, 1.82) is 5.41 Å². The van der Waals surface area contributed by atoms with E-state index in [-0.39, 0.29) is 5.82 Å². The molecule has 3 aliphatic carbocycles. The van der Waals surface area contributed by atoms with Gasteiger partial charge in [-0.15, -0.1) is 0 Å². The molecule has 1 unspecified atom stereocenters. The van der Waals surface area contributed by atoms with Gasteiger partial charge in [0.1, 0.15) is 17.5 Å². The van der Waals surface area contributed by atoms with Crippen LogP contribution in [0.5, 0.6) is 0 Å². The highest BCUT2D eigenvalue weighted by Gasteiger charge is 2.48. The molecule has 1 N–H and O–H groups in total. The molecule has 5 rings (SSSR count). The minimum atomic E-state index is -0.560. The average molecular weight is 598 g/mol. The van der Waals surface area contributed by atoms with Gasteiger partial charge in [0.15, 0.2) is 0 Å². The summed E-state index contributed by atoms with van der Waals surface area (Å²) >= 11 is 0. The molecule has 43 heavy (non-hydrogen) atoms. The Bertz CT molecular complexity index is 1250. The lowest BCUT2D eigenvalue weighted by molar-refractivity contribution is 0.133. The van der Waals surface area contributed by atoms with Crippen LogP contribution in [0.25, 0.3) is 5.57 Å². The fourth-order valence-electron chi connectivity index (χ4n) is 5.49. The molecule has 0 heterocycles. The highest BCUT2D eigenvalue weighted by atomic mass is 19.1. The normalized spacial score (nSPS) is 18.0. The first-order valence-electron chi connectivity index (χ1n) is 16.3. The molecule has 0 saturated heterocycles. The summed E-state index contributed by atoms with van der Waals surface area (Å²) in [5.74, 6) is 0.234. The van der Waals surface area contributed by atoms with E-state index in [0.29, 0.717) is 42.4 Å². The summed E-state index contributed by atoms with van der Waals surface area (Å²) in [6.45, 7) is 17.7. The molecular formula is C38H54F3NO. The Morgan fingerprint density at radius 3 is 2.02 bits per heavy atom. The third-order valence-corrected chi connectivity index (χ3v) is 8.35. The van der Waals surface area contributed by atoms with E-state index in [2.05, 4.69) is 46.8 Å². The number of hydrogen-bond acceptors (Lipinski definition) is 2. The molecule has 2 nitrogen and oxygen atoms in total. The number of rotatable bonds is 8. The van der Waals surface area contributed by atoms with Crippen molar-refractivity contribution in [2.24, 2.45) is 11.8 Å². The summed E-state index contributed by atoms with van der Waals surface area (Å²) in [6, 6.07) is 7.27. The van der Waals surface area contributed by atoms with Crippen LogP contribution < -0.4 is 0 Å². The zero-order valence-corrected chi connectivity index (χ0v) is 27.8. The first-order chi connectivity index (χ1) is 20.5. The maximum atomic E-state index is 14.4. The van der Waals surface area contributed by atoms with Crippen LogP contribution in [-0.2, 0) is 16.8 Å². The largest absolute Gasteiger partial charge is 0.377 e. The highest BCUT2D eigenvalue weighted by molar-refractivity contribution is 5.95. The van der Waals surface area contributed by atoms with Crippen molar-refractivity contribution >= 4 is 11.3 Å². The van der Waals surface area contributed by atoms with Crippen LogP contribution in [0.2, 0.25) is 0 Å². The van der Waals surface area contributed by atoms with Gasteiger partial charge in [-0.1, -0.05) is 97.1 Å². The van der Waals surface area contributed by atoms with Crippen molar-refractivity contribution in [3.63, 3.8) is 0 Å². The van der Waals surface area contributed by atoms with Gasteiger partial charge in [-0.05, 0) is 85.8 Å². The molecule has 238 valence electrons. The molecule has 5 heteroatoms. The molecule has 0 radical (unpaired) electrons. The third-order valence-electron chi connectivity index (χ3n) is 8.35. The van der Waals surface area contributed by atoms with Crippen LogP contribution >= 0.6 is 0 Å². The van der Waals surface area contributed by atoms with Crippen LogP contribution in [-0.4, -0.2) is 12.3 Å². The molecule has 0 bridgehead atoms. The molecule has 2 aromatic rings. The number of benzene rings is 2. The molecule has 2 fully saturated rings. The Balaban J connectivity index is 0.000000244. The first kappa shape index (κ1) is 36.5. The Morgan fingerprint density at radius 2 is 1.58 bits per heavy atom. The number of allylic oxidation sites excluding steroid dienone is 4. The number of halogens is 3. The minimum Gasteiger partial charge on any atom is -0.377 e. The van der Waals surface area contributed by atoms with Crippen LogP contribution in [0.15, 0.2) is 48.1 Å². The van der Waals surface area contributed by atoms with E-state index in [0.717, 1.165) is 47.9 Å². The molecule has 0 aromatic heterocycles. The summed E-state index contributed by atoms with van der Waals surface area (Å²) in [5.41, 5.74) is 5.56. The number of ether oxygens (including phenoxy) is 1. The van der Waals surface area contributed by atoms with Crippen LogP contribution in [0, 0.1) is 41.6 Å². The van der Waals surface area contributed by atoms with E-state index in [1.807, 2.05) is 26.8 Å². The van der Waals surface area contributed by atoms with E-state index < -0.39 is 17.0 Å². The smallest absolute Gasteiger partial charge is 0.131 e. The second-order valence-electron chi connectivity index (χ2n) is 12.2. The van der Waals surface area contributed by atoms with Crippen molar-refractivity contribution in [1.82, 2.24) is 0 Å². The van der Waals surface area contributed by atoms with Gasteiger partial charge >= 0.3 is 0 Å². The van der Waals surface area contributed by atoms with Gasteiger partial charge in [0.25, 0.3) is 0 Å². The number of nitrogens with one attached hydrogen (secondary N) is 1. The predicted octanol–water partition coefficient (Wildman–Crippen LogP) is 11.7. The maximum Gasteiger partial charge on any atom is 0.131 e. The Kier molecular flexibility index (Phi) is 14.9. The highest BCUT2D eigenvalue weighted by Crippen LogP contribution is 2.50. The first-order valence-corrected chi connectivity index (χ1v) is 16.3. The lowest BCUT2D eigenvalue weighted by atomic mass is 9.88. The molecule has 0 aliphatic heterocycles. The fourth-order valence-corrected chi connectivity index (χ4v) is 5.49. The molecule has 1 atom stereocenters. The molecular weight excluding hydrogens is 543 g/mol. The van der Waals surface area contributed by atoms with Crippen molar-refractivity contribution in [2.75, 3.05) is 6.61 Å². The average Bonchev–Trinajstić information content (AvgIpc) is 3.67. The van der Waals surface area contributed by atoms with Crippen LogP contribution in [0.3, 0.4) is 0 Å². The van der Waals surface area contributed by atoms with E-state index in [1.165, 1.54) is 43.4 Å². The topological polar surface area (TPSA) is 33.1 Å². The van der Waals surface area contributed by atoms with Crippen LogP contribution in [0.4, 0.5) is 13.2 Å². The molecule has 2 aromatic carbocycles. The molecule has 0 spiro atoms. The van der Waals surface area contributed by atoms with Gasteiger partial charge in [-0.3, -0.25) is 0 Å². The second-order valence-corrected chi connectivity index (χ2v) is 12.2. The fraction of sp³-hybridized carbons (Fsp3) is 0.553. The van der Waals surface area contributed by atoms with Crippen molar-refractivity contribution < 1.29 is 17.9 Å². The van der Waals surface area contributed by atoms with Gasteiger partial charge in [0, 0.05) is 29.4 Å². The molecule has 2 saturated carbocycles. The maximum absolute atomic E-state index is 14.4. The summed E-state index contributed by atoms with van der Waals surface area (Å²) < 4.78 is 46.2. The van der Waals surface area contributed by atoms with Crippen molar-refractivity contribution in [3.05, 3.63) is 87.8 Å². The van der Waals surface area contributed by atoms with E-state index >= 15 is 0 Å². The molecule has 0 amide bonds. The van der Waals surface area contributed by atoms with Gasteiger partial charge < -0.3 is 10.1 Å². The Morgan fingerprint density at radius 1 is 0.953 bits per heavy atom. The van der Waals surface area contributed by atoms with Crippen LogP contribution in [0.1, 0.15) is 122 Å². The quantitative estimate of drug-likeness (QED) is 0.302. The predicted molar refractivity (Wildman–Crippen MR) is 176 cm³/mol. The number of aryl methyl sites for hydroxylation is 1. The number of hydrogen-bond donors (Lipinski definition) is 1. The summed E-state index contributed by atoms with van der Waals surface area (Å²) in [6.07, 6.45) is 13.2. The van der Waals surface area contributed by atoms with Crippen molar-refractivity contribution in [3.8, 4) is 0 Å². The van der Waals surface area contributed by atoms with Gasteiger partial charge in [0.05, 0.1) is 6.61 Å². The Labute approximate surface area is 259 Å². The monoisotopic (exact) mass is 597 g/mol. The van der Waals surface area contributed by atoms with E-state index in [4.69, 9.17) is 10.1 Å². The summed E-state index contributed by atoms with van der Waals surface area (Å²) in [7, 11) is 0. The van der Waals surface area contributed by atoms with E-state index in [9.17, 15) is 13.2 Å². The summed E-state index contributed by atoms with van der Waals surface area (Å²) in [4.78, 5) is 0. The second kappa shape index (κ2) is 17.6. The third kappa shape index (κ3) is 10.2. The van der Waals surface area contributed by atoms with Gasteiger partial charge in [-0.2, -0.15) is 0 Å². The Hall–Kier alpha value is -2.66. The lowest BCUT2D eigenvalue weighted by Gasteiger charge is -2.18. The van der Waals surface area contributed by atoms with Gasteiger partial charge in [0.2, 0.25) is 0 Å². The van der Waals surface area contributed by atoms with E-state index in [1.54, 1.807) is 6.07 Å². The van der Waals surface area contributed by atoms with Gasteiger partial charge in [-0.25, -0.2) is 13.2 Å². The lowest BCUT2D eigenvalue weighted by Crippen LogP contribution is -2.20.